The van der Waals surface area contributed by atoms with Crippen LogP contribution in [0.2, 0.25) is 0 Å². The number of amides is 1. The van der Waals surface area contributed by atoms with Crippen molar-refractivity contribution in [3.63, 3.8) is 0 Å². The van der Waals surface area contributed by atoms with Gasteiger partial charge in [-0.1, -0.05) is 42.0 Å². The minimum absolute atomic E-state index is 0.0815. The Labute approximate surface area is 181 Å². The van der Waals surface area contributed by atoms with Crippen LogP contribution < -0.4 is 4.90 Å². The third kappa shape index (κ3) is 3.84. The van der Waals surface area contributed by atoms with Gasteiger partial charge in [-0.15, -0.1) is 0 Å². The van der Waals surface area contributed by atoms with E-state index in [1.807, 2.05) is 62.3 Å². The van der Waals surface area contributed by atoms with E-state index in [4.69, 9.17) is 4.42 Å². The average Bonchev–Trinajstić information content (AvgIpc) is 3.36. The number of furan rings is 1. The lowest BCUT2D eigenvalue weighted by Gasteiger charge is -2.25. The largest absolute Gasteiger partial charge is 0.507 e. The molecule has 0 aliphatic carbocycles. The van der Waals surface area contributed by atoms with Crippen molar-refractivity contribution in [2.75, 3.05) is 19.0 Å². The molecular weight excluding hydrogens is 392 g/mol. The predicted molar refractivity (Wildman–Crippen MR) is 119 cm³/mol. The Morgan fingerprint density at radius 3 is 2.29 bits per heavy atom. The molecule has 1 aliphatic rings. The van der Waals surface area contributed by atoms with Gasteiger partial charge in [0, 0.05) is 25.3 Å². The molecule has 1 atom stereocenters. The normalized spacial score (nSPS) is 17.9. The van der Waals surface area contributed by atoms with Gasteiger partial charge in [0.15, 0.2) is 0 Å². The maximum absolute atomic E-state index is 13.0. The molecule has 4 rings (SSSR count). The van der Waals surface area contributed by atoms with Crippen LogP contribution in [0.25, 0.3) is 5.76 Å². The van der Waals surface area contributed by atoms with Crippen molar-refractivity contribution < 1.29 is 19.1 Å². The van der Waals surface area contributed by atoms with Crippen LogP contribution in [0.3, 0.4) is 0 Å². The highest BCUT2D eigenvalue weighted by molar-refractivity contribution is 6.46. The van der Waals surface area contributed by atoms with E-state index in [0.717, 1.165) is 16.8 Å². The fraction of sp³-hybridized carbons (Fsp3) is 0.200. The molecule has 0 saturated carbocycles. The maximum Gasteiger partial charge on any atom is 0.296 e. The molecule has 3 aromatic rings. The SMILES string of the molecule is Cc1ccc(/C(O)=C2\C(=O)C(=O)N(Cc3ccco3)[C@H]2c2ccc(N(C)C)cc2)cc1. The molecule has 0 radical (unpaired) electrons. The Kier molecular flexibility index (Phi) is 5.38. The number of hydrogen-bond acceptors (Lipinski definition) is 5. The summed E-state index contributed by atoms with van der Waals surface area (Å²) in [6.45, 7) is 2.07. The molecule has 6 heteroatoms. The Bertz CT molecular complexity index is 1130. The number of aliphatic hydroxyl groups is 1. The van der Waals surface area contributed by atoms with Crippen LogP contribution in [0, 0.1) is 6.92 Å². The first-order valence-electron chi connectivity index (χ1n) is 10.0. The predicted octanol–water partition coefficient (Wildman–Crippen LogP) is 4.28. The fourth-order valence-electron chi connectivity index (χ4n) is 3.78. The Morgan fingerprint density at radius 2 is 1.71 bits per heavy atom. The monoisotopic (exact) mass is 416 g/mol. The topological polar surface area (TPSA) is 74.0 Å². The van der Waals surface area contributed by atoms with Crippen molar-refractivity contribution >= 4 is 23.1 Å². The molecule has 1 aliphatic heterocycles. The molecule has 1 amide bonds. The number of aliphatic hydroxyl groups excluding tert-OH is 1. The summed E-state index contributed by atoms with van der Waals surface area (Å²) in [5.41, 5.74) is 3.34. The number of ketones is 1. The van der Waals surface area contributed by atoms with Gasteiger partial charge in [-0.2, -0.15) is 0 Å². The lowest BCUT2D eigenvalue weighted by molar-refractivity contribution is -0.140. The number of carbonyl (C=O) groups is 2. The first-order chi connectivity index (χ1) is 14.9. The van der Waals surface area contributed by atoms with Gasteiger partial charge in [0.1, 0.15) is 11.5 Å². The van der Waals surface area contributed by atoms with Crippen LogP contribution in [-0.4, -0.2) is 35.8 Å². The van der Waals surface area contributed by atoms with E-state index >= 15 is 0 Å². The second kappa shape index (κ2) is 8.14. The third-order valence-corrected chi connectivity index (χ3v) is 5.50. The lowest BCUT2D eigenvalue weighted by Crippen LogP contribution is -2.29. The molecule has 31 heavy (non-hydrogen) atoms. The molecular formula is C25H24N2O4. The first kappa shape index (κ1) is 20.5. The van der Waals surface area contributed by atoms with Gasteiger partial charge >= 0.3 is 0 Å². The zero-order valence-corrected chi connectivity index (χ0v) is 17.7. The minimum Gasteiger partial charge on any atom is -0.507 e. The number of nitrogens with zero attached hydrogens (tertiary/aromatic N) is 2. The summed E-state index contributed by atoms with van der Waals surface area (Å²) in [6.07, 6.45) is 1.53. The van der Waals surface area contributed by atoms with E-state index in [0.29, 0.717) is 11.3 Å². The van der Waals surface area contributed by atoms with E-state index in [9.17, 15) is 14.7 Å². The molecule has 6 nitrogen and oxygen atoms in total. The number of rotatable bonds is 5. The quantitative estimate of drug-likeness (QED) is 0.382. The first-order valence-corrected chi connectivity index (χ1v) is 10.0. The number of likely N-dealkylation sites (tertiary alicyclic amines) is 1. The Balaban J connectivity index is 1.84. The molecule has 1 N–H and O–H groups in total. The molecule has 0 spiro atoms. The van der Waals surface area contributed by atoms with Crippen molar-refractivity contribution in [3.05, 3.63) is 95.0 Å². The summed E-state index contributed by atoms with van der Waals surface area (Å²) in [5.74, 6) is -0.979. The Morgan fingerprint density at radius 1 is 1.03 bits per heavy atom. The number of Topliss-reactive ketones (excluding diaryl/α,β-unsaturated/α-hetero) is 1. The summed E-state index contributed by atoms with van der Waals surface area (Å²) in [4.78, 5) is 29.4. The van der Waals surface area contributed by atoms with Crippen molar-refractivity contribution in [3.8, 4) is 0 Å². The second-order valence-corrected chi connectivity index (χ2v) is 7.86. The van der Waals surface area contributed by atoms with Crippen molar-refractivity contribution in [2.45, 2.75) is 19.5 Å². The zero-order valence-electron chi connectivity index (χ0n) is 17.7. The molecule has 0 bridgehead atoms. The highest BCUT2D eigenvalue weighted by atomic mass is 16.3. The highest BCUT2D eigenvalue weighted by Crippen LogP contribution is 2.40. The van der Waals surface area contributed by atoms with Crippen LogP contribution in [0.15, 0.2) is 76.9 Å². The molecule has 0 unspecified atom stereocenters. The van der Waals surface area contributed by atoms with E-state index in [1.165, 1.54) is 11.2 Å². The molecule has 2 heterocycles. The zero-order chi connectivity index (χ0) is 22.1. The number of carbonyl (C=O) groups excluding carboxylic acids is 2. The molecule has 2 aromatic carbocycles. The van der Waals surface area contributed by atoms with Crippen molar-refractivity contribution in [2.24, 2.45) is 0 Å². The summed E-state index contributed by atoms with van der Waals surface area (Å²) in [5, 5.41) is 11.1. The number of aryl methyl sites for hydroxylation is 1. The van der Waals surface area contributed by atoms with E-state index < -0.39 is 17.7 Å². The summed E-state index contributed by atoms with van der Waals surface area (Å²) in [7, 11) is 3.88. The number of anilines is 1. The lowest BCUT2D eigenvalue weighted by atomic mass is 9.95. The molecule has 1 fully saturated rings. The van der Waals surface area contributed by atoms with Gasteiger partial charge in [-0.3, -0.25) is 9.59 Å². The van der Waals surface area contributed by atoms with Crippen LogP contribution in [0.5, 0.6) is 0 Å². The van der Waals surface area contributed by atoms with Crippen LogP contribution >= 0.6 is 0 Å². The van der Waals surface area contributed by atoms with Crippen LogP contribution in [0.4, 0.5) is 5.69 Å². The van der Waals surface area contributed by atoms with Crippen LogP contribution in [0.1, 0.15) is 28.5 Å². The fourth-order valence-corrected chi connectivity index (χ4v) is 3.78. The summed E-state index contributed by atoms with van der Waals surface area (Å²) < 4.78 is 5.42. The Hall–Kier alpha value is -3.80. The summed E-state index contributed by atoms with van der Waals surface area (Å²) in [6, 6.07) is 17.6. The molecule has 1 saturated heterocycles. The summed E-state index contributed by atoms with van der Waals surface area (Å²) >= 11 is 0. The van der Waals surface area contributed by atoms with Gasteiger partial charge in [-0.25, -0.2) is 0 Å². The van der Waals surface area contributed by atoms with E-state index in [1.54, 1.807) is 24.3 Å². The number of benzene rings is 2. The number of hydrogen-bond donors (Lipinski definition) is 1. The van der Waals surface area contributed by atoms with Crippen molar-refractivity contribution in [1.82, 2.24) is 4.90 Å². The van der Waals surface area contributed by atoms with Gasteiger partial charge in [0.05, 0.1) is 24.4 Å². The van der Waals surface area contributed by atoms with Crippen LogP contribution in [-0.2, 0) is 16.1 Å². The van der Waals surface area contributed by atoms with E-state index in [2.05, 4.69) is 0 Å². The van der Waals surface area contributed by atoms with Gasteiger partial charge in [0.2, 0.25) is 0 Å². The van der Waals surface area contributed by atoms with E-state index in [-0.39, 0.29) is 17.9 Å². The molecule has 158 valence electrons. The van der Waals surface area contributed by atoms with Gasteiger partial charge in [-0.05, 0) is 36.8 Å². The maximum atomic E-state index is 13.0. The average molecular weight is 416 g/mol. The smallest absolute Gasteiger partial charge is 0.296 e. The third-order valence-electron chi connectivity index (χ3n) is 5.50. The van der Waals surface area contributed by atoms with Gasteiger partial charge in [0.25, 0.3) is 11.7 Å². The van der Waals surface area contributed by atoms with Gasteiger partial charge < -0.3 is 19.3 Å². The minimum atomic E-state index is -0.720. The second-order valence-electron chi connectivity index (χ2n) is 7.86. The highest BCUT2D eigenvalue weighted by Gasteiger charge is 2.46. The van der Waals surface area contributed by atoms with Crippen molar-refractivity contribution in [1.29, 1.82) is 0 Å². The standard InChI is InChI=1S/C25H24N2O4/c1-16-6-8-18(9-7-16)23(28)21-22(17-10-12-19(13-11-17)26(2)3)27(25(30)24(21)29)15-20-5-4-14-31-20/h4-14,22,28H,15H2,1-3H3/b23-21+/t22-/m0/s1. The molecule has 1 aromatic heterocycles.